The highest BCUT2D eigenvalue weighted by Gasteiger charge is 2.14. The molecular formula is C13H10Cl2OS. The molecule has 0 N–H and O–H groups in total. The quantitative estimate of drug-likeness (QED) is 0.581. The SMILES string of the molecule is Cc1sc(-c2ccc(Cl)cc2)cc1C(Cl)C=O. The Morgan fingerprint density at radius 1 is 1.29 bits per heavy atom. The summed E-state index contributed by atoms with van der Waals surface area (Å²) in [5, 5.41) is 0.151. The normalized spacial score (nSPS) is 12.4. The maximum atomic E-state index is 10.7. The Morgan fingerprint density at radius 2 is 1.94 bits per heavy atom. The van der Waals surface area contributed by atoms with Gasteiger partial charge in [-0.3, -0.25) is 0 Å². The third kappa shape index (κ3) is 2.71. The first kappa shape index (κ1) is 12.6. The summed E-state index contributed by atoms with van der Waals surface area (Å²) in [6.07, 6.45) is 0.752. The summed E-state index contributed by atoms with van der Waals surface area (Å²) >= 11 is 13.4. The van der Waals surface area contributed by atoms with Gasteiger partial charge in [0.2, 0.25) is 0 Å². The average Bonchev–Trinajstić information content (AvgIpc) is 2.71. The Morgan fingerprint density at radius 3 is 2.53 bits per heavy atom. The van der Waals surface area contributed by atoms with Crippen LogP contribution in [0.15, 0.2) is 30.3 Å². The second-order valence-corrected chi connectivity index (χ2v) is 5.83. The van der Waals surface area contributed by atoms with Crippen LogP contribution in [0.5, 0.6) is 0 Å². The molecule has 1 nitrogen and oxygen atoms in total. The van der Waals surface area contributed by atoms with Gasteiger partial charge in [0.05, 0.1) is 0 Å². The molecule has 0 aliphatic heterocycles. The summed E-state index contributed by atoms with van der Waals surface area (Å²) in [5.74, 6) is 0. The topological polar surface area (TPSA) is 17.1 Å². The van der Waals surface area contributed by atoms with E-state index in [0.717, 1.165) is 27.2 Å². The van der Waals surface area contributed by atoms with E-state index in [-0.39, 0.29) is 0 Å². The zero-order valence-electron chi connectivity index (χ0n) is 9.11. The molecular weight excluding hydrogens is 275 g/mol. The maximum absolute atomic E-state index is 10.7. The first-order valence-corrected chi connectivity index (χ1v) is 6.70. The summed E-state index contributed by atoms with van der Waals surface area (Å²) in [6.45, 7) is 1.97. The Balaban J connectivity index is 2.40. The molecule has 88 valence electrons. The van der Waals surface area contributed by atoms with Crippen molar-refractivity contribution >= 4 is 40.8 Å². The molecule has 0 saturated heterocycles. The number of alkyl halides is 1. The standard InChI is InChI=1S/C13H10Cl2OS/c1-8-11(12(15)7-16)6-13(17-8)9-2-4-10(14)5-3-9/h2-7,12H,1H3. The van der Waals surface area contributed by atoms with Crippen LogP contribution >= 0.6 is 34.5 Å². The van der Waals surface area contributed by atoms with Crippen LogP contribution in [0.25, 0.3) is 10.4 Å². The number of rotatable bonds is 3. The lowest BCUT2D eigenvalue weighted by Crippen LogP contribution is -1.89. The molecule has 0 amide bonds. The highest BCUT2D eigenvalue weighted by molar-refractivity contribution is 7.15. The van der Waals surface area contributed by atoms with Gasteiger partial charge < -0.3 is 4.79 Å². The number of thiophene rings is 1. The van der Waals surface area contributed by atoms with Gasteiger partial charge in [0.1, 0.15) is 11.7 Å². The Bertz CT molecular complexity index is 531. The number of benzene rings is 1. The van der Waals surface area contributed by atoms with Crippen LogP contribution in [0.3, 0.4) is 0 Å². The molecule has 1 unspecified atom stereocenters. The van der Waals surface area contributed by atoms with E-state index in [1.165, 1.54) is 0 Å². The van der Waals surface area contributed by atoms with E-state index in [1.807, 2.05) is 37.3 Å². The monoisotopic (exact) mass is 284 g/mol. The van der Waals surface area contributed by atoms with Crippen LogP contribution in [-0.2, 0) is 4.79 Å². The minimum atomic E-state index is -0.563. The van der Waals surface area contributed by atoms with Gasteiger partial charge in [0.15, 0.2) is 0 Å². The van der Waals surface area contributed by atoms with Crippen molar-refractivity contribution in [2.24, 2.45) is 0 Å². The molecule has 1 aromatic heterocycles. The van der Waals surface area contributed by atoms with E-state index in [4.69, 9.17) is 23.2 Å². The maximum Gasteiger partial charge on any atom is 0.142 e. The van der Waals surface area contributed by atoms with Crippen LogP contribution in [0, 0.1) is 6.92 Å². The van der Waals surface area contributed by atoms with E-state index < -0.39 is 5.38 Å². The van der Waals surface area contributed by atoms with Crippen molar-refractivity contribution in [2.45, 2.75) is 12.3 Å². The molecule has 2 aromatic rings. The minimum Gasteiger partial charge on any atom is -0.301 e. The van der Waals surface area contributed by atoms with Gasteiger partial charge in [-0.05, 0) is 36.2 Å². The minimum absolute atomic E-state index is 0.563. The van der Waals surface area contributed by atoms with Crippen molar-refractivity contribution in [1.29, 1.82) is 0 Å². The number of carbonyl (C=O) groups is 1. The Labute approximate surface area is 114 Å². The predicted molar refractivity (Wildman–Crippen MR) is 74.2 cm³/mol. The fraction of sp³-hybridized carbons (Fsp3) is 0.154. The van der Waals surface area contributed by atoms with Gasteiger partial charge in [0, 0.05) is 14.8 Å². The summed E-state index contributed by atoms with van der Waals surface area (Å²) in [6, 6.07) is 9.59. The summed E-state index contributed by atoms with van der Waals surface area (Å²) < 4.78 is 0. The first-order valence-electron chi connectivity index (χ1n) is 5.07. The van der Waals surface area contributed by atoms with Gasteiger partial charge in [-0.25, -0.2) is 0 Å². The highest BCUT2D eigenvalue weighted by atomic mass is 35.5. The molecule has 1 atom stereocenters. The van der Waals surface area contributed by atoms with Crippen molar-refractivity contribution in [3.8, 4) is 10.4 Å². The molecule has 0 spiro atoms. The summed E-state index contributed by atoms with van der Waals surface area (Å²) in [5.41, 5.74) is 1.97. The largest absolute Gasteiger partial charge is 0.301 e. The third-order valence-electron chi connectivity index (χ3n) is 2.50. The molecule has 0 fully saturated rings. The molecule has 0 aliphatic rings. The number of aryl methyl sites for hydroxylation is 1. The van der Waals surface area contributed by atoms with Crippen LogP contribution in [0.2, 0.25) is 5.02 Å². The molecule has 4 heteroatoms. The number of hydrogen-bond donors (Lipinski definition) is 0. The van der Waals surface area contributed by atoms with Crippen molar-refractivity contribution < 1.29 is 4.79 Å². The number of hydrogen-bond acceptors (Lipinski definition) is 2. The molecule has 0 radical (unpaired) electrons. The fourth-order valence-corrected chi connectivity index (χ4v) is 3.09. The molecule has 0 aliphatic carbocycles. The van der Waals surface area contributed by atoms with Gasteiger partial charge in [-0.2, -0.15) is 0 Å². The molecule has 0 bridgehead atoms. The zero-order chi connectivity index (χ0) is 12.4. The first-order chi connectivity index (χ1) is 8.11. The fourth-order valence-electron chi connectivity index (χ4n) is 1.60. The van der Waals surface area contributed by atoms with Gasteiger partial charge in [0.25, 0.3) is 0 Å². The molecule has 1 heterocycles. The van der Waals surface area contributed by atoms with Gasteiger partial charge in [-0.1, -0.05) is 23.7 Å². The zero-order valence-corrected chi connectivity index (χ0v) is 11.4. The van der Waals surface area contributed by atoms with Gasteiger partial charge in [-0.15, -0.1) is 22.9 Å². The number of aldehydes is 1. The lowest BCUT2D eigenvalue weighted by Gasteiger charge is -1.98. The van der Waals surface area contributed by atoms with Crippen molar-refractivity contribution in [3.05, 3.63) is 45.8 Å². The van der Waals surface area contributed by atoms with Crippen LogP contribution in [-0.4, -0.2) is 6.29 Å². The van der Waals surface area contributed by atoms with Crippen molar-refractivity contribution in [2.75, 3.05) is 0 Å². The summed E-state index contributed by atoms with van der Waals surface area (Å²) in [4.78, 5) is 12.9. The van der Waals surface area contributed by atoms with Crippen molar-refractivity contribution in [3.63, 3.8) is 0 Å². The predicted octanol–water partition coefficient (Wildman–Crippen LogP) is 4.86. The van der Waals surface area contributed by atoms with E-state index in [1.54, 1.807) is 11.3 Å². The highest BCUT2D eigenvalue weighted by Crippen LogP contribution is 2.35. The van der Waals surface area contributed by atoms with E-state index in [9.17, 15) is 4.79 Å². The number of carbonyl (C=O) groups excluding carboxylic acids is 1. The molecule has 0 saturated carbocycles. The second-order valence-electron chi connectivity index (χ2n) is 3.67. The van der Waals surface area contributed by atoms with Gasteiger partial charge >= 0.3 is 0 Å². The number of halogens is 2. The lowest BCUT2D eigenvalue weighted by molar-refractivity contribution is -0.107. The Hall–Kier alpha value is -0.830. The smallest absolute Gasteiger partial charge is 0.142 e. The van der Waals surface area contributed by atoms with Crippen LogP contribution in [0.1, 0.15) is 15.8 Å². The average molecular weight is 285 g/mol. The van der Waals surface area contributed by atoms with Crippen molar-refractivity contribution in [1.82, 2.24) is 0 Å². The molecule has 1 aromatic carbocycles. The Kier molecular flexibility index (Phi) is 3.87. The molecule has 17 heavy (non-hydrogen) atoms. The van der Waals surface area contributed by atoms with Crippen LogP contribution in [0.4, 0.5) is 0 Å². The summed E-state index contributed by atoms with van der Waals surface area (Å²) in [7, 11) is 0. The van der Waals surface area contributed by atoms with E-state index in [0.29, 0.717) is 5.02 Å². The third-order valence-corrected chi connectivity index (χ3v) is 4.21. The lowest BCUT2D eigenvalue weighted by atomic mass is 10.1. The second kappa shape index (κ2) is 5.21. The van der Waals surface area contributed by atoms with E-state index in [2.05, 4.69) is 0 Å². The molecule has 2 rings (SSSR count). The van der Waals surface area contributed by atoms with E-state index >= 15 is 0 Å². The van der Waals surface area contributed by atoms with Crippen LogP contribution < -0.4 is 0 Å².